The van der Waals surface area contributed by atoms with Crippen LogP contribution in [0.4, 0.5) is 0 Å². The van der Waals surface area contributed by atoms with Crippen molar-refractivity contribution in [1.29, 1.82) is 0 Å². The third kappa shape index (κ3) is 2.10. The number of esters is 1. The van der Waals surface area contributed by atoms with Crippen molar-refractivity contribution in [2.45, 2.75) is 26.2 Å². The molecule has 0 fully saturated rings. The van der Waals surface area contributed by atoms with E-state index in [2.05, 4.69) is 17.7 Å². The van der Waals surface area contributed by atoms with Crippen LogP contribution in [-0.4, -0.2) is 17.1 Å². The van der Waals surface area contributed by atoms with E-state index in [1.54, 1.807) is 0 Å². The molecule has 0 N–H and O–H groups in total. The SMILES string of the molecule is CCOC(=O)C1CCc2c(c3cc(Cl)ccc3n2C)C1. The van der Waals surface area contributed by atoms with Crippen molar-refractivity contribution in [3.8, 4) is 0 Å². The van der Waals surface area contributed by atoms with Gasteiger partial charge in [-0.05, 0) is 49.9 Å². The Morgan fingerprint density at radius 1 is 1.50 bits per heavy atom. The number of rotatable bonds is 2. The first-order chi connectivity index (χ1) is 9.61. The van der Waals surface area contributed by atoms with Crippen molar-refractivity contribution in [3.05, 3.63) is 34.5 Å². The normalized spacial score (nSPS) is 18.1. The van der Waals surface area contributed by atoms with Crippen molar-refractivity contribution < 1.29 is 9.53 Å². The Morgan fingerprint density at radius 2 is 2.30 bits per heavy atom. The summed E-state index contributed by atoms with van der Waals surface area (Å²) in [5, 5.41) is 1.91. The van der Waals surface area contributed by atoms with E-state index in [1.807, 2.05) is 19.1 Å². The zero-order valence-electron chi connectivity index (χ0n) is 11.8. The maximum absolute atomic E-state index is 12.0. The number of benzene rings is 1. The van der Waals surface area contributed by atoms with Gasteiger partial charge in [0.25, 0.3) is 0 Å². The molecule has 1 aromatic carbocycles. The predicted octanol–water partition coefficient (Wildman–Crippen LogP) is 3.50. The fourth-order valence-corrected chi connectivity index (χ4v) is 3.38. The number of aromatic nitrogens is 1. The molecule has 0 aliphatic heterocycles. The molecule has 1 aromatic heterocycles. The van der Waals surface area contributed by atoms with E-state index in [0.717, 1.165) is 24.3 Å². The minimum atomic E-state index is -0.0721. The molecule has 106 valence electrons. The van der Waals surface area contributed by atoms with Gasteiger partial charge in [-0.25, -0.2) is 0 Å². The van der Waals surface area contributed by atoms with Gasteiger partial charge in [0.1, 0.15) is 0 Å². The van der Waals surface area contributed by atoms with Crippen molar-refractivity contribution in [2.75, 3.05) is 6.61 Å². The summed E-state index contributed by atoms with van der Waals surface area (Å²) < 4.78 is 7.39. The van der Waals surface area contributed by atoms with E-state index in [-0.39, 0.29) is 11.9 Å². The van der Waals surface area contributed by atoms with Gasteiger partial charge in [0.2, 0.25) is 0 Å². The Bertz CT molecular complexity index is 675. The van der Waals surface area contributed by atoms with Crippen LogP contribution in [0.2, 0.25) is 5.02 Å². The number of carbonyl (C=O) groups excluding carboxylic acids is 1. The van der Waals surface area contributed by atoms with E-state index < -0.39 is 0 Å². The molecule has 0 radical (unpaired) electrons. The number of hydrogen-bond acceptors (Lipinski definition) is 2. The highest BCUT2D eigenvalue weighted by molar-refractivity contribution is 6.31. The lowest BCUT2D eigenvalue weighted by molar-refractivity contribution is -0.148. The molecule has 2 aromatic rings. The Morgan fingerprint density at radius 3 is 3.05 bits per heavy atom. The molecule has 0 amide bonds. The molecule has 0 saturated heterocycles. The molecule has 4 heteroatoms. The summed E-state index contributed by atoms with van der Waals surface area (Å²) in [4.78, 5) is 12.0. The Labute approximate surface area is 123 Å². The molecule has 0 spiro atoms. The van der Waals surface area contributed by atoms with Crippen LogP contribution in [0.5, 0.6) is 0 Å². The number of ether oxygens (including phenoxy) is 1. The summed E-state index contributed by atoms with van der Waals surface area (Å²) in [5.74, 6) is -0.0933. The molecule has 1 atom stereocenters. The van der Waals surface area contributed by atoms with Gasteiger partial charge in [-0.1, -0.05) is 11.6 Å². The van der Waals surface area contributed by atoms with Crippen molar-refractivity contribution in [2.24, 2.45) is 13.0 Å². The molecule has 1 aliphatic carbocycles. The van der Waals surface area contributed by atoms with Crippen LogP contribution in [0.1, 0.15) is 24.6 Å². The molecular formula is C16H18ClNO2. The maximum atomic E-state index is 12.0. The number of halogens is 1. The second kappa shape index (κ2) is 5.13. The molecule has 3 nitrogen and oxygen atoms in total. The number of fused-ring (bicyclic) bond motifs is 3. The molecular weight excluding hydrogens is 274 g/mol. The highest BCUT2D eigenvalue weighted by Crippen LogP contribution is 2.35. The lowest BCUT2D eigenvalue weighted by Crippen LogP contribution is -2.25. The number of carbonyl (C=O) groups is 1. The van der Waals surface area contributed by atoms with Gasteiger partial charge in [0.15, 0.2) is 0 Å². The number of aryl methyl sites for hydroxylation is 1. The van der Waals surface area contributed by atoms with E-state index in [1.165, 1.54) is 22.2 Å². The molecule has 1 heterocycles. The quantitative estimate of drug-likeness (QED) is 0.793. The van der Waals surface area contributed by atoms with Crippen LogP contribution in [-0.2, 0) is 29.4 Å². The zero-order chi connectivity index (χ0) is 14.3. The van der Waals surface area contributed by atoms with Gasteiger partial charge < -0.3 is 9.30 Å². The highest BCUT2D eigenvalue weighted by Gasteiger charge is 2.29. The summed E-state index contributed by atoms with van der Waals surface area (Å²) in [6.45, 7) is 2.30. The summed E-state index contributed by atoms with van der Waals surface area (Å²) in [6.07, 6.45) is 2.54. The predicted molar refractivity (Wildman–Crippen MR) is 80.1 cm³/mol. The third-order valence-electron chi connectivity index (χ3n) is 4.20. The van der Waals surface area contributed by atoms with Gasteiger partial charge in [-0.2, -0.15) is 0 Å². The van der Waals surface area contributed by atoms with Crippen molar-refractivity contribution in [1.82, 2.24) is 4.57 Å². The monoisotopic (exact) mass is 291 g/mol. The van der Waals surface area contributed by atoms with Crippen molar-refractivity contribution >= 4 is 28.5 Å². The van der Waals surface area contributed by atoms with Crippen LogP contribution in [0.25, 0.3) is 10.9 Å². The molecule has 1 aliphatic rings. The molecule has 1 unspecified atom stereocenters. The lowest BCUT2D eigenvalue weighted by Gasteiger charge is -2.21. The third-order valence-corrected chi connectivity index (χ3v) is 4.43. The summed E-state index contributed by atoms with van der Waals surface area (Å²) in [6, 6.07) is 5.97. The second-order valence-corrected chi connectivity index (χ2v) is 5.77. The Balaban J connectivity index is 2.04. The summed E-state index contributed by atoms with van der Waals surface area (Å²) in [5.41, 5.74) is 3.76. The largest absolute Gasteiger partial charge is 0.466 e. The van der Waals surface area contributed by atoms with E-state index >= 15 is 0 Å². The molecule has 0 saturated carbocycles. The van der Waals surface area contributed by atoms with E-state index in [0.29, 0.717) is 6.61 Å². The molecule has 20 heavy (non-hydrogen) atoms. The van der Waals surface area contributed by atoms with Gasteiger partial charge in [0.05, 0.1) is 12.5 Å². The smallest absolute Gasteiger partial charge is 0.309 e. The zero-order valence-corrected chi connectivity index (χ0v) is 12.5. The fourth-order valence-electron chi connectivity index (χ4n) is 3.21. The minimum absolute atomic E-state index is 0.0213. The van der Waals surface area contributed by atoms with Crippen LogP contribution in [0.15, 0.2) is 18.2 Å². The maximum Gasteiger partial charge on any atom is 0.309 e. The first kappa shape index (κ1) is 13.5. The molecule has 3 rings (SSSR count). The van der Waals surface area contributed by atoms with E-state index in [9.17, 15) is 4.79 Å². The van der Waals surface area contributed by atoms with Gasteiger partial charge >= 0.3 is 5.97 Å². The van der Waals surface area contributed by atoms with Crippen LogP contribution >= 0.6 is 11.6 Å². The Kier molecular flexibility index (Phi) is 3.47. The fraction of sp³-hybridized carbons (Fsp3) is 0.438. The summed E-state index contributed by atoms with van der Waals surface area (Å²) in [7, 11) is 2.08. The van der Waals surface area contributed by atoms with Crippen LogP contribution < -0.4 is 0 Å². The van der Waals surface area contributed by atoms with Crippen LogP contribution in [0, 0.1) is 5.92 Å². The summed E-state index contributed by atoms with van der Waals surface area (Å²) >= 11 is 6.12. The topological polar surface area (TPSA) is 31.2 Å². The molecule has 0 bridgehead atoms. The second-order valence-electron chi connectivity index (χ2n) is 5.34. The van der Waals surface area contributed by atoms with Crippen molar-refractivity contribution in [3.63, 3.8) is 0 Å². The minimum Gasteiger partial charge on any atom is -0.466 e. The van der Waals surface area contributed by atoms with Crippen LogP contribution in [0.3, 0.4) is 0 Å². The lowest BCUT2D eigenvalue weighted by atomic mass is 9.86. The van der Waals surface area contributed by atoms with E-state index in [4.69, 9.17) is 16.3 Å². The van der Waals surface area contributed by atoms with Gasteiger partial charge in [0, 0.05) is 28.7 Å². The van der Waals surface area contributed by atoms with Gasteiger partial charge in [-0.3, -0.25) is 4.79 Å². The highest BCUT2D eigenvalue weighted by atomic mass is 35.5. The first-order valence-corrected chi connectivity index (χ1v) is 7.42. The number of nitrogens with zero attached hydrogens (tertiary/aromatic N) is 1. The average molecular weight is 292 g/mol. The standard InChI is InChI=1S/C16H18ClNO2/c1-3-20-16(19)10-4-6-14-12(8-10)13-9-11(17)5-7-15(13)18(14)2/h5,7,9-10H,3-4,6,8H2,1-2H3. The van der Waals surface area contributed by atoms with Gasteiger partial charge in [-0.15, -0.1) is 0 Å². The average Bonchev–Trinajstić information content (AvgIpc) is 2.72. The Hall–Kier alpha value is -1.48. The first-order valence-electron chi connectivity index (χ1n) is 7.04. The number of hydrogen-bond donors (Lipinski definition) is 0.